The molecule has 1 aliphatic heterocycles. The van der Waals surface area contributed by atoms with Crippen LogP contribution >= 0.6 is 0 Å². The first kappa shape index (κ1) is 39.2. The quantitative estimate of drug-likeness (QED) is 0.0808. The number of hydrogen-bond acceptors (Lipinski definition) is 12. The first-order chi connectivity index (χ1) is 26.6. The van der Waals surface area contributed by atoms with Crippen LogP contribution in [0.25, 0.3) is 22.3 Å². The topological polar surface area (TPSA) is 157 Å². The molecule has 4 aromatic carbocycles. The molecule has 0 aromatic heterocycles. The van der Waals surface area contributed by atoms with Gasteiger partial charge in [0.15, 0.2) is 11.6 Å². The molecule has 2 aliphatic carbocycles. The number of hydrogen-bond donors (Lipinski definition) is 3. The van der Waals surface area contributed by atoms with Crippen molar-refractivity contribution in [2.45, 2.75) is 52.2 Å². The number of carbonyl (C=O) groups is 2. The van der Waals surface area contributed by atoms with Crippen LogP contribution < -0.4 is 45.2 Å². The van der Waals surface area contributed by atoms with Crippen molar-refractivity contribution in [3.63, 3.8) is 0 Å². The molecular weight excluding hydrogens is 700 g/mol. The Labute approximate surface area is 323 Å². The van der Waals surface area contributed by atoms with Crippen molar-refractivity contribution in [3.05, 3.63) is 70.8 Å². The number of nitrogens with zero attached hydrogens (tertiary/aromatic N) is 1. The molecule has 2 unspecified atom stereocenters. The summed E-state index contributed by atoms with van der Waals surface area (Å²) in [5, 5.41) is 3.47. The van der Waals surface area contributed by atoms with Crippen LogP contribution in [0.4, 0.5) is 11.4 Å². The molecule has 2 atom stereocenters. The van der Waals surface area contributed by atoms with E-state index in [2.05, 4.69) is 31.0 Å². The average Bonchev–Trinajstić information content (AvgIpc) is 3.93. The highest BCUT2D eigenvalue weighted by Crippen LogP contribution is 2.53. The van der Waals surface area contributed by atoms with Gasteiger partial charge in [0.2, 0.25) is 0 Å². The molecule has 3 aliphatic rings. The van der Waals surface area contributed by atoms with E-state index in [9.17, 15) is 9.59 Å². The molecule has 0 amide bonds. The summed E-state index contributed by atoms with van der Waals surface area (Å²) in [6, 6.07) is 14.8. The Morgan fingerprint density at radius 1 is 0.709 bits per heavy atom. The maximum Gasteiger partial charge on any atom is 0.196 e. The van der Waals surface area contributed by atoms with Gasteiger partial charge in [-0.15, -0.1) is 0 Å². The fraction of sp³-hybridized carbons (Fsp3) is 0.395. The van der Waals surface area contributed by atoms with E-state index in [0.717, 1.165) is 56.6 Å². The van der Waals surface area contributed by atoms with Gasteiger partial charge in [-0.1, -0.05) is 38.1 Å². The Bertz CT molecular complexity index is 2070. The first-order valence-corrected chi connectivity index (χ1v) is 18.8. The van der Waals surface area contributed by atoms with Gasteiger partial charge in [-0.3, -0.25) is 9.59 Å². The predicted molar refractivity (Wildman–Crippen MR) is 215 cm³/mol. The molecule has 5 N–H and O–H groups in total. The molecule has 1 heterocycles. The van der Waals surface area contributed by atoms with Gasteiger partial charge in [-0.2, -0.15) is 0 Å². The highest BCUT2D eigenvalue weighted by Gasteiger charge is 2.38. The number of carbonyl (C=O) groups excluding carboxylic acids is 2. The van der Waals surface area contributed by atoms with E-state index in [1.54, 1.807) is 38.5 Å². The van der Waals surface area contributed by atoms with E-state index in [1.807, 2.05) is 24.3 Å². The van der Waals surface area contributed by atoms with Crippen molar-refractivity contribution >= 4 is 22.9 Å². The molecule has 0 radical (unpaired) electrons. The summed E-state index contributed by atoms with van der Waals surface area (Å²) in [7, 11) is 6.19. The number of fused-ring (bicyclic) bond motifs is 6. The van der Waals surface area contributed by atoms with Gasteiger partial charge in [0.1, 0.15) is 40.6 Å². The Morgan fingerprint density at radius 3 is 1.69 bits per heavy atom. The molecule has 7 rings (SSSR count). The molecule has 12 heteroatoms. The molecule has 1 saturated heterocycles. The van der Waals surface area contributed by atoms with E-state index < -0.39 is 0 Å². The zero-order valence-corrected chi connectivity index (χ0v) is 32.8. The lowest BCUT2D eigenvalue weighted by atomic mass is 10.0. The van der Waals surface area contributed by atoms with Crippen LogP contribution in [0.1, 0.15) is 71.9 Å². The van der Waals surface area contributed by atoms with E-state index in [4.69, 9.17) is 39.9 Å². The van der Waals surface area contributed by atoms with Gasteiger partial charge >= 0.3 is 0 Å². The predicted octanol–water partition coefficient (Wildman–Crippen LogP) is 6.62. The Balaban J connectivity index is 0.000000187. The number of nitrogens with one attached hydrogen (secondary N) is 1. The molecule has 4 aromatic rings. The third-order valence-corrected chi connectivity index (χ3v) is 10.7. The number of rotatable bonds is 14. The lowest BCUT2D eigenvalue weighted by Gasteiger charge is -2.23. The largest absolute Gasteiger partial charge is 0.496 e. The van der Waals surface area contributed by atoms with Crippen molar-refractivity contribution < 1.29 is 38.0 Å². The fourth-order valence-corrected chi connectivity index (χ4v) is 7.78. The van der Waals surface area contributed by atoms with E-state index >= 15 is 0 Å². The van der Waals surface area contributed by atoms with Gasteiger partial charge in [-0.05, 0) is 58.0 Å². The van der Waals surface area contributed by atoms with Crippen LogP contribution in [0.15, 0.2) is 48.5 Å². The highest BCUT2D eigenvalue weighted by atomic mass is 16.5. The lowest BCUT2D eigenvalue weighted by molar-refractivity contribution is 0.103. The summed E-state index contributed by atoms with van der Waals surface area (Å²) in [4.78, 5) is 28.5. The van der Waals surface area contributed by atoms with Crippen molar-refractivity contribution in [2.75, 3.05) is 72.7 Å². The zero-order chi connectivity index (χ0) is 39.4. The summed E-state index contributed by atoms with van der Waals surface area (Å²) in [6.07, 6.45) is 3.13. The summed E-state index contributed by atoms with van der Waals surface area (Å²) >= 11 is 0. The Morgan fingerprint density at radius 2 is 1.22 bits per heavy atom. The second-order valence-electron chi connectivity index (χ2n) is 13.7. The van der Waals surface area contributed by atoms with Gasteiger partial charge in [0.25, 0.3) is 0 Å². The van der Waals surface area contributed by atoms with Crippen molar-refractivity contribution in [1.82, 2.24) is 10.2 Å². The number of methoxy groups -OCH3 is 4. The minimum absolute atomic E-state index is 0.0141. The highest BCUT2D eigenvalue weighted by molar-refractivity contribution is 6.27. The van der Waals surface area contributed by atoms with Crippen molar-refractivity contribution in [2.24, 2.45) is 0 Å². The average molecular weight is 753 g/mol. The molecule has 0 spiro atoms. The molecule has 292 valence electrons. The van der Waals surface area contributed by atoms with Crippen LogP contribution in [0.2, 0.25) is 0 Å². The van der Waals surface area contributed by atoms with E-state index in [-0.39, 0.29) is 17.7 Å². The van der Waals surface area contributed by atoms with Gasteiger partial charge in [0, 0.05) is 58.1 Å². The lowest BCUT2D eigenvalue weighted by Crippen LogP contribution is -2.36. The van der Waals surface area contributed by atoms with Crippen LogP contribution in [0.5, 0.6) is 34.5 Å². The number of nitrogen functional groups attached to an aromatic ring is 2. The third kappa shape index (κ3) is 7.24. The van der Waals surface area contributed by atoms with Crippen LogP contribution in [-0.4, -0.2) is 89.8 Å². The van der Waals surface area contributed by atoms with Gasteiger partial charge in [0.05, 0.1) is 57.5 Å². The third-order valence-electron chi connectivity index (χ3n) is 10.7. The molecule has 55 heavy (non-hydrogen) atoms. The normalized spacial score (nSPS) is 15.4. The maximum absolute atomic E-state index is 13.1. The molecule has 12 nitrogen and oxygen atoms in total. The monoisotopic (exact) mass is 752 g/mol. The number of ketones is 2. The second kappa shape index (κ2) is 16.9. The van der Waals surface area contributed by atoms with E-state index in [0.29, 0.717) is 91.9 Å². The molecule has 0 bridgehead atoms. The summed E-state index contributed by atoms with van der Waals surface area (Å²) in [6.45, 7) is 11.0. The minimum atomic E-state index is -0.133. The molecule has 1 fully saturated rings. The second-order valence-corrected chi connectivity index (χ2v) is 13.7. The summed E-state index contributed by atoms with van der Waals surface area (Å²) in [5.74, 6) is 3.03. The van der Waals surface area contributed by atoms with E-state index in [1.165, 1.54) is 14.2 Å². The molecule has 0 saturated carbocycles. The first-order valence-electron chi connectivity index (χ1n) is 18.8. The fourth-order valence-electron chi connectivity index (χ4n) is 7.78. The van der Waals surface area contributed by atoms with Crippen LogP contribution in [-0.2, 0) is 0 Å². The Kier molecular flexibility index (Phi) is 12.1. The standard InChI is InChI=1S/C22H28N2O4.C21H24N2O4/c1-5-24(6-2)11-8-12-28-15-10-7-9-14-18(15)19-16(26-3)13-17(27-4)21(23)20(19)22(14)25;1-11(13-7-5-9-23-13)27-14-8-4-6-12-17(14)18-15(25-2)10-16(26-3)20(22)19(18)21(12)24/h7,9-10,13H,5-6,8,11-12,23H2,1-4H3;4,6,8,10-11,13,23H,5,7,9,22H2,1-3H3. The number of anilines is 2. The van der Waals surface area contributed by atoms with Gasteiger partial charge in [-0.25, -0.2) is 0 Å². The molecular formula is C43H52N4O8. The summed E-state index contributed by atoms with van der Waals surface area (Å²) in [5.41, 5.74) is 18.0. The summed E-state index contributed by atoms with van der Waals surface area (Å²) < 4.78 is 34.1. The zero-order valence-electron chi connectivity index (χ0n) is 32.8. The van der Waals surface area contributed by atoms with Crippen molar-refractivity contribution in [3.8, 4) is 56.8 Å². The smallest absolute Gasteiger partial charge is 0.196 e. The number of nitrogens with two attached hydrogens (primary N) is 2. The van der Waals surface area contributed by atoms with Gasteiger partial charge < -0.3 is 50.1 Å². The van der Waals surface area contributed by atoms with Crippen LogP contribution in [0.3, 0.4) is 0 Å². The van der Waals surface area contributed by atoms with Crippen LogP contribution in [0, 0.1) is 0 Å². The number of benzene rings is 4. The minimum Gasteiger partial charge on any atom is -0.496 e. The SMILES string of the molecule is CCN(CC)CCCOc1cccc2c1-c1c(OC)cc(OC)c(N)c1C2=O.COc1cc(OC)c2c(c1N)C(=O)c1cccc(OC(C)C3CCCN3)c1-2. The maximum atomic E-state index is 13.1. The Hall–Kier alpha value is -5.46. The number of ether oxygens (including phenoxy) is 6. The van der Waals surface area contributed by atoms with Crippen molar-refractivity contribution in [1.29, 1.82) is 0 Å².